The van der Waals surface area contributed by atoms with E-state index in [1.54, 1.807) is 0 Å². The molecule has 0 spiro atoms. The van der Waals surface area contributed by atoms with Crippen molar-refractivity contribution in [2.75, 3.05) is 0 Å². The summed E-state index contributed by atoms with van der Waals surface area (Å²) in [4.78, 5) is 10.6. The van der Waals surface area contributed by atoms with Crippen molar-refractivity contribution in [1.29, 1.82) is 0 Å². The van der Waals surface area contributed by atoms with Crippen LogP contribution in [0.25, 0.3) is 110 Å². The fraction of sp³-hybridized carbons (Fsp3) is 0.0545. The van der Waals surface area contributed by atoms with Gasteiger partial charge in [0.25, 0.3) is 0 Å². The third-order valence-electron chi connectivity index (χ3n) is 13.1. The quantitative estimate of drug-likeness (QED) is 0.168. The van der Waals surface area contributed by atoms with Crippen molar-refractivity contribution < 1.29 is 0 Å². The minimum Gasteiger partial charge on any atom is -0.279 e. The number of imidazole rings is 1. The molecular formula is C55H36N4. The van der Waals surface area contributed by atoms with Crippen LogP contribution in [0.4, 0.5) is 0 Å². The van der Waals surface area contributed by atoms with E-state index in [4.69, 9.17) is 9.97 Å². The molecule has 4 nitrogen and oxygen atoms in total. The molecule has 13 rings (SSSR count). The van der Waals surface area contributed by atoms with E-state index in [1.165, 1.54) is 76.8 Å². The number of fused-ring (bicyclic) bond motifs is 13. The number of para-hydroxylation sites is 4. The molecule has 276 valence electrons. The Morgan fingerprint density at radius 2 is 0.915 bits per heavy atom. The monoisotopic (exact) mass is 752 g/mol. The first-order chi connectivity index (χ1) is 29.0. The lowest BCUT2D eigenvalue weighted by Crippen LogP contribution is -2.14. The molecule has 1 aliphatic rings. The van der Waals surface area contributed by atoms with Crippen molar-refractivity contribution in [3.63, 3.8) is 0 Å². The summed E-state index contributed by atoms with van der Waals surface area (Å²) in [5.41, 5.74) is 16.4. The second-order valence-electron chi connectivity index (χ2n) is 16.5. The molecular weight excluding hydrogens is 717 g/mol. The number of nitrogens with zero attached hydrogens (tertiary/aromatic N) is 4. The maximum atomic E-state index is 5.40. The van der Waals surface area contributed by atoms with Crippen LogP contribution < -0.4 is 0 Å². The van der Waals surface area contributed by atoms with Crippen LogP contribution in [-0.2, 0) is 5.41 Å². The van der Waals surface area contributed by atoms with Crippen molar-refractivity contribution >= 4 is 70.9 Å². The van der Waals surface area contributed by atoms with Gasteiger partial charge in [0.05, 0.1) is 27.6 Å². The summed E-state index contributed by atoms with van der Waals surface area (Å²) in [5.74, 6) is 0.826. The summed E-state index contributed by atoms with van der Waals surface area (Å²) < 4.78 is 4.56. The standard InChI is InChI=1S/C55H36N4/c1-55(2)44-22-10-7-15-35(44)36-29-27-34(32-45(36)55)52-40-19-5-3-17-38(40)51(39-18-4-6-20-41(39)52)33-28-30-49-43(31-33)37-16-9-13-25-48(37)58(49)54-57-46-23-11-8-21-42(46)53-56-47-24-12-14-26-50(47)59(53)54/h3-32H,1-2H3. The molecule has 0 aliphatic heterocycles. The highest BCUT2D eigenvalue weighted by molar-refractivity contribution is 6.22. The van der Waals surface area contributed by atoms with E-state index in [0.29, 0.717) is 0 Å². The first-order valence-corrected chi connectivity index (χ1v) is 20.4. The largest absolute Gasteiger partial charge is 0.279 e. The summed E-state index contributed by atoms with van der Waals surface area (Å²) in [6.07, 6.45) is 0. The van der Waals surface area contributed by atoms with Crippen LogP contribution >= 0.6 is 0 Å². The minimum atomic E-state index is -0.0822. The molecule has 3 aromatic heterocycles. The number of rotatable bonds is 3. The van der Waals surface area contributed by atoms with Gasteiger partial charge in [-0.15, -0.1) is 0 Å². The lowest BCUT2D eigenvalue weighted by atomic mass is 9.80. The Balaban J connectivity index is 1.07. The molecule has 0 atom stereocenters. The zero-order valence-electron chi connectivity index (χ0n) is 32.6. The van der Waals surface area contributed by atoms with Gasteiger partial charge in [-0.2, -0.15) is 0 Å². The van der Waals surface area contributed by atoms with Crippen molar-refractivity contribution in [2.45, 2.75) is 19.3 Å². The predicted octanol–water partition coefficient (Wildman–Crippen LogP) is 14.1. The highest BCUT2D eigenvalue weighted by Gasteiger charge is 2.35. The van der Waals surface area contributed by atoms with Crippen LogP contribution in [0.15, 0.2) is 182 Å². The molecule has 0 saturated carbocycles. The van der Waals surface area contributed by atoms with Gasteiger partial charge in [-0.05, 0) is 115 Å². The molecule has 0 saturated heterocycles. The Kier molecular flexibility index (Phi) is 6.48. The van der Waals surface area contributed by atoms with Crippen LogP contribution in [0, 0.1) is 0 Å². The van der Waals surface area contributed by atoms with Crippen LogP contribution in [0.2, 0.25) is 0 Å². The van der Waals surface area contributed by atoms with Gasteiger partial charge in [-0.3, -0.25) is 8.97 Å². The topological polar surface area (TPSA) is 35.1 Å². The molecule has 4 heteroatoms. The lowest BCUT2D eigenvalue weighted by molar-refractivity contribution is 0.660. The number of hydrogen-bond donors (Lipinski definition) is 0. The van der Waals surface area contributed by atoms with Gasteiger partial charge in [0, 0.05) is 21.6 Å². The average molecular weight is 753 g/mol. The molecule has 0 bridgehead atoms. The van der Waals surface area contributed by atoms with Crippen LogP contribution in [-0.4, -0.2) is 18.9 Å². The van der Waals surface area contributed by atoms with Gasteiger partial charge in [-0.1, -0.05) is 147 Å². The molecule has 3 heterocycles. The van der Waals surface area contributed by atoms with Gasteiger partial charge in [0.2, 0.25) is 5.95 Å². The van der Waals surface area contributed by atoms with Crippen molar-refractivity contribution in [2.24, 2.45) is 0 Å². The third kappa shape index (κ3) is 4.38. The molecule has 0 fully saturated rings. The van der Waals surface area contributed by atoms with Crippen molar-refractivity contribution in [3.8, 4) is 39.3 Å². The molecule has 0 unspecified atom stereocenters. The van der Waals surface area contributed by atoms with Gasteiger partial charge < -0.3 is 0 Å². The number of hydrogen-bond acceptors (Lipinski definition) is 2. The zero-order chi connectivity index (χ0) is 39.0. The Hall–Kier alpha value is -7.56. The minimum absolute atomic E-state index is 0.0822. The maximum absolute atomic E-state index is 5.40. The van der Waals surface area contributed by atoms with E-state index in [0.717, 1.165) is 44.6 Å². The summed E-state index contributed by atoms with van der Waals surface area (Å²) >= 11 is 0. The summed E-state index contributed by atoms with van der Waals surface area (Å²) in [6, 6.07) is 66.5. The highest BCUT2D eigenvalue weighted by Crippen LogP contribution is 2.51. The normalized spacial score (nSPS) is 13.4. The lowest BCUT2D eigenvalue weighted by Gasteiger charge is -2.23. The van der Waals surface area contributed by atoms with Crippen LogP contribution in [0.3, 0.4) is 0 Å². The first-order valence-electron chi connectivity index (χ1n) is 20.4. The highest BCUT2D eigenvalue weighted by atomic mass is 15.2. The van der Waals surface area contributed by atoms with E-state index in [1.807, 2.05) is 0 Å². The van der Waals surface area contributed by atoms with E-state index < -0.39 is 0 Å². The molecule has 12 aromatic rings. The molecule has 0 amide bonds. The van der Waals surface area contributed by atoms with Crippen LogP contribution in [0.5, 0.6) is 0 Å². The van der Waals surface area contributed by atoms with Crippen molar-refractivity contribution in [1.82, 2.24) is 18.9 Å². The summed E-state index contributed by atoms with van der Waals surface area (Å²) in [6.45, 7) is 4.73. The maximum Gasteiger partial charge on any atom is 0.221 e. The third-order valence-corrected chi connectivity index (χ3v) is 13.1. The smallest absolute Gasteiger partial charge is 0.221 e. The van der Waals surface area contributed by atoms with E-state index in [-0.39, 0.29) is 5.41 Å². The van der Waals surface area contributed by atoms with Gasteiger partial charge in [0.1, 0.15) is 5.65 Å². The van der Waals surface area contributed by atoms with E-state index in [9.17, 15) is 0 Å². The molecule has 59 heavy (non-hydrogen) atoms. The second-order valence-corrected chi connectivity index (χ2v) is 16.5. The second kappa shape index (κ2) is 11.7. The molecule has 0 radical (unpaired) electrons. The molecule has 0 N–H and O–H groups in total. The number of aromatic nitrogens is 4. The molecule has 9 aromatic carbocycles. The van der Waals surface area contributed by atoms with E-state index >= 15 is 0 Å². The first kappa shape index (κ1) is 32.5. The summed E-state index contributed by atoms with van der Waals surface area (Å²) in [5, 5.41) is 8.40. The Labute approximate surface area is 340 Å². The van der Waals surface area contributed by atoms with Gasteiger partial charge >= 0.3 is 0 Å². The Morgan fingerprint density at radius 1 is 0.390 bits per heavy atom. The average Bonchev–Trinajstić information content (AvgIpc) is 3.91. The Bertz CT molecular complexity index is 3710. The van der Waals surface area contributed by atoms with Crippen LogP contribution in [0.1, 0.15) is 25.0 Å². The fourth-order valence-electron chi connectivity index (χ4n) is 10.4. The Morgan fingerprint density at radius 3 is 1.64 bits per heavy atom. The number of benzene rings is 9. The summed E-state index contributed by atoms with van der Waals surface area (Å²) in [7, 11) is 0. The predicted molar refractivity (Wildman–Crippen MR) is 246 cm³/mol. The van der Waals surface area contributed by atoms with Gasteiger partial charge in [0.15, 0.2) is 0 Å². The fourth-order valence-corrected chi connectivity index (χ4v) is 10.4. The molecule has 1 aliphatic carbocycles. The SMILES string of the molecule is CC1(C)c2ccccc2-c2ccc(-c3c4ccccc4c(-c4ccc5c(c4)c4ccccc4n5-c4nc5ccccc5c5nc6ccccc6n45)c4ccccc34)cc21. The van der Waals surface area contributed by atoms with Gasteiger partial charge in [-0.25, -0.2) is 9.97 Å². The van der Waals surface area contributed by atoms with Crippen molar-refractivity contribution in [3.05, 3.63) is 193 Å². The van der Waals surface area contributed by atoms with E-state index in [2.05, 4.69) is 205 Å². The zero-order valence-corrected chi connectivity index (χ0v) is 32.6.